The molecule has 0 aliphatic carbocycles. The highest BCUT2D eigenvalue weighted by atomic mass is 16.8. The maximum absolute atomic E-state index is 12.9. The van der Waals surface area contributed by atoms with Gasteiger partial charge in [-0.3, -0.25) is 0 Å². The van der Waals surface area contributed by atoms with Crippen LogP contribution in [0, 0.1) is 0 Å². The van der Waals surface area contributed by atoms with Gasteiger partial charge in [-0.2, -0.15) is 0 Å². The molecule has 0 N–H and O–H groups in total. The van der Waals surface area contributed by atoms with Crippen molar-refractivity contribution >= 4 is 16.9 Å². The molecule has 2 aliphatic rings. The third-order valence-corrected chi connectivity index (χ3v) is 11.0. The second kappa shape index (κ2) is 15.8. The molecule has 2 fully saturated rings. The minimum Gasteiger partial charge on any atom is -0.427 e. The van der Waals surface area contributed by atoms with E-state index in [1.54, 1.807) is 0 Å². The molecule has 6 aromatic carbocycles. The van der Waals surface area contributed by atoms with Crippen LogP contribution < -0.4 is 0 Å². The molecule has 8 rings (SSSR count). The molecule has 6 aromatic rings. The molecule has 0 saturated carbocycles. The van der Waals surface area contributed by atoms with Crippen LogP contribution >= 0.6 is 0 Å². The van der Waals surface area contributed by atoms with Crippen LogP contribution in [-0.4, -0.2) is 35.0 Å². The number of fused-ring (bicyclic) bond motifs is 3. The molecular weight excluding hydrogens is 683 g/mol. The van der Waals surface area contributed by atoms with E-state index in [4.69, 9.17) is 19.0 Å². The summed E-state index contributed by atoms with van der Waals surface area (Å²) < 4.78 is 19.6. The Morgan fingerprint density at radius 1 is 0.636 bits per heavy atom. The summed E-state index contributed by atoms with van der Waals surface area (Å²) in [6, 6.07) is 55.2. The van der Waals surface area contributed by atoms with Gasteiger partial charge in [0.2, 0.25) is 0 Å². The summed E-state index contributed by atoms with van der Waals surface area (Å²) in [6.07, 6.45) is 1.73. The zero-order valence-electron chi connectivity index (χ0n) is 31.8. The average molecular weight is 732 g/mol. The molecule has 4 unspecified atom stereocenters. The SMILES string of the molecule is CC(C)(C)OC(=O)ON1C2CCC1C(OCc1ccc3ccccc3c1)C(c1ccc(COC(c3ccccc3)(c3ccccc3)c3ccccc3)cc1)C2. The number of carbonyl (C=O) groups is 1. The number of benzene rings is 6. The van der Waals surface area contributed by atoms with Crippen molar-refractivity contribution in [2.75, 3.05) is 0 Å². The van der Waals surface area contributed by atoms with Crippen molar-refractivity contribution in [3.8, 4) is 0 Å². The van der Waals surface area contributed by atoms with Crippen molar-refractivity contribution in [1.29, 1.82) is 0 Å². The van der Waals surface area contributed by atoms with Crippen molar-refractivity contribution in [3.63, 3.8) is 0 Å². The maximum atomic E-state index is 12.9. The minimum absolute atomic E-state index is 0.0780. The Morgan fingerprint density at radius 2 is 1.20 bits per heavy atom. The predicted molar refractivity (Wildman–Crippen MR) is 216 cm³/mol. The Balaban J connectivity index is 1.06. The minimum atomic E-state index is -0.801. The van der Waals surface area contributed by atoms with Gasteiger partial charge in [0, 0.05) is 12.0 Å². The molecule has 6 nitrogen and oxygen atoms in total. The fourth-order valence-electron chi connectivity index (χ4n) is 8.51. The number of hydrogen-bond donors (Lipinski definition) is 0. The van der Waals surface area contributed by atoms with Crippen LogP contribution in [0.15, 0.2) is 158 Å². The molecule has 0 spiro atoms. The van der Waals surface area contributed by atoms with Crippen LogP contribution in [-0.2, 0) is 37.9 Å². The Morgan fingerprint density at radius 3 is 1.80 bits per heavy atom. The molecule has 4 atom stereocenters. The molecule has 280 valence electrons. The van der Waals surface area contributed by atoms with Gasteiger partial charge in [0.1, 0.15) is 11.2 Å². The quantitative estimate of drug-likeness (QED) is 0.0977. The van der Waals surface area contributed by atoms with E-state index in [9.17, 15) is 4.79 Å². The first-order chi connectivity index (χ1) is 26.8. The Bertz CT molecular complexity index is 2090. The Kier molecular flexibility index (Phi) is 10.6. The molecule has 2 saturated heterocycles. The zero-order chi connectivity index (χ0) is 37.8. The van der Waals surface area contributed by atoms with E-state index in [-0.39, 0.29) is 24.1 Å². The standard InChI is InChI=1S/C49H49NO5/c1-48(2,3)54-47(51)55-50-43-29-30-45(50)46(52-33-36-25-26-37-15-13-14-16-39(37)31-36)44(32-43)38-27-23-35(24-28-38)34-53-49(40-17-7-4-8-18-40,41-19-9-5-10-20-41)42-21-11-6-12-22-42/h4-28,31,43-46H,29-30,32-34H2,1-3H3. The van der Waals surface area contributed by atoms with E-state index >= 15 is 0 Å². The summed E-state index contributed by atoms with van der Waals surface area (Å²) in [5, 5.41) is 4.26. The fourth-order valence-corrected chi connectivity index (χ4v) is 8.51. The molecular formula is C49H49NO5. The van der Waals surface area contributed by atoms with Crippen LogP contribution in [0.25, 0.3) is 10.8 Å². The van der Waals surface area contributed by atoms with Crippen LogP contribution in [0.3, 0.4) is 0 Å². The summed E-state index contributed by atoms with van der Waals surface area (Å²) in [5.74, 6) is 0.114. The third kappa shape index (κ3) is 7.95. The summed E-state index contributed by atoms with van der Waals surface area (Å²) in [7, 11) is 0. The first-order valence-electron chi connectivity index (χ1n) is 19.4. The van der Waals surface area contributed by atoms with Gasteiger partial charge in [-0.1, -0.05) is 152 Å². The highest BCUT2D eigenvalue weighted by molar-refractivity contribution is 5.83. The lowest BCUT2D eigenvalue weighted by Gasteiger charge is -2.43. The molecule has 2 bridgehead atoms. The number of ether oxygens (including phenoxy) is 3. The second-order valence-corrected chi connectivity index (χ2v) is 15.8. The molecule has 55 heavy (non-hydrogen) atoms. The third-order valence-electron chi connectivity index (χ3n) is 11.0. The number of nitrogens with zero attached hydrogens (tertiary/aromatic N) is 1. The predicted octanol–water partition coefficient (Wildman–Crippen LogP) is 11.1. The first kappa shape index (κ1) is 36.7. The molecule has 2 aliphatic heterocycles. The van der Waals surface area contributed by atoms with Crippen molar-refractivity contribution in [1.82, 2.24) is 5.06 Å². The van der Waals surface area contributed by atoms with E-state index in [0.29, 0.717) is 13.2 Å². The van der Waals surface area contributed by atoms with Crippen molar-refractivity contribution in [2.24, 2.45) is 0 Å². The molecule has 0 radical (unpaired) electrons. The summed E-state index contributed by atoms with van der Waals surface area (Å²) in [5.41, 5.74) is 5.19. The molecule has 0 amide bonds. The molecule has 2 heterocycles. The Labute approximate surface area is 324 Å². The highest BCUT2D eigenvalue weighted by Gasteiger charge is 2.51. The lowest BCUT2D eigenvalue weighted by molar-refractivity contribution is -0.215. The van der Waals surface area contributed by atoms with Crippen LogP contribution in [0.5, 0.6) is 0 Å². The number of carbonyl (C=O) groups excluding carboxylic acids is 1. The van der Waals surface area contributed by atoms with E-state index in [1.165, 1.54) is 16.3 Å². The number of hydrogen-bond acceptors (Lipinski definition) is 6. The zero-order valence-corrected chi connectivity index (χ0v) is 31.8. The van der Waals surface area contributed by atoms with Crippen LogP contribution in [0.2, 0.25) is 0 Å². The van der Waals surface area contributed by atoms with Gasteiger partial charge >= 0.3 is 6.16 Å². The van der Waals surface area contributed by atoms with Crippen LogP contribution in [0.1, 0.15) is 79.3 Å². The summed E-state index contributed by atoms with van der Waals surface area (Å²) >= 11 is 0. The van der Waals surface area contributed by atoms with Gasteiger partial charge in [-0.05, 0) is 90.3 Å². The van der Waals surface area contributed by atoms with Crippen molar-refractivity contribution in [2.45, 2.75) is 88.6 Å². The average Bonchev–Trinajstić information content (AvgIpc) is 3.48. The van der Waals surface area contributed by atoms with Gasteiger partial charge in [-0.15, -0.1) is 5.06 Å². The van der Waals surface area contributed by atoms with Gasteiger partial charge < -0.3 is 19.0 Å². The highest BCUT2D eigenvalue weighted by Crippen LogP contribution is 2.46. The van der Waals surface area contributed by atoms with E-state index < -0.39 is 17.4 Å². The van der Waals surface area contributed by atoms with Crippen LogP contribution in [0.4, 0.5) is 4.79 Å². The first-order valence-corrected chi connectivity index (χ1v) is 19.4. The maximum Gasteiger partial charge on any atom is 0.528 e. The van der Waals surface area contributed by atoms with Gasteiger partial charge in [0.15, 0.2) is 0 Å². The normalized spacial score (nSPS) is 20.0. The number of hydroxylamine groups is 2. The van der Waals surface area contributed by atoms with E-state index in [2.05, 4.69) is 140 Å². The fraction of sp³-hybridized carbons (Fsp3) is 0.286. The topological polar surface area (TPSA) is 57.2 Å². The smallest absolute Gasteiger partial charge is 0.427 e. The summed E-state index contributed by atoms with van der Waals surface area (Å²) in [6.45, 7) is 6.42. The lowest BCUT2D eigenvalue weighted by atomic mass is 9.80. The van der Waals surface area contributed by atoms with Gasteiger partial charge in [0.05, 0.1) is 25.4 Å². The summed E-state index contributed by atoms with van der Waals surface area (Å²) in [4.78, 5) is 18.9. The number of piperidine rings is 1. The monoisotopic (exact) mass is 731 g/mol. The van der Waals surface area contributed by atoms with Crippen molar-refractivity contribution in [3.05, 3.63) is 191 Å². The van der Waals surface area contributed by atoms with E-state index in [0.717, 1.165) is 47.1 Å². The second-order valence-electron chi connectivity index (χ2n) is 15.8. The van der Waals surface area contributed by atoms with Gasteiger partial charge in [0.25, 0.3) is 0 Å². The van der Waals surface area contributed by atoms with Crippen molar-refractivity contribution < 1.29 is 23.8 Å². The lowest BCUT2D eigenvalue weighted by Crippen LogP contribution is -2.52. The Hall–Kier alpha value is -5.27. The molecule has 0 aromatic heterocycles. The number of rotatable bonds is 11. The van der Waals surface area contributed by atoms with Gasteiger partial charge in [-0.25, -0.2) is 4.79 Å². The largest absolute Gasteiger partial charge is 0.528 e. The molecule has 6 heteroatoms. The van der Waals surface area contributed by atoms with E-state index in [1.807, 2.05) is 44.0 Å².